The quantitative estimate of drug-likeness (QED) is 0.913. The zero-order valence-electron chi connectivity index (χ0n) is 12.8. The third-order valence-electron chi connectivity index (χ3n) is 4.92. The van der Waals surface area contributed by atoms with E-state index in [1.54, 1.807) is 0 Å². The van der Waals surface area contributed by atoms with Gasteiger partial charge in [0, 0.05) is 30.8 Å². The van der Waals surface area contributed by atoms with Crippen LogP contribution in [0.15, 0.2) is 0 Å². The van der Waals surface area contributed by atoms with E-state index in [4.69, 9.17) is 0 Å². The first-order chi connectivity index (χ1) is 10.5. The maximum Gasteiger partial charge on any atom is 0.211 e. The van der Waals surface area contributed by atoms with E-state index in [9.17, 15) is 12.8 Å². The molecule has 0 radical (unpaired) electrons. The van der Waals surface area contributed by atoms with Crippen molar-refractivity contribution in [3.8, 4) is 0 Å². The number of halogens is 1. The first-order valence-corrected chi connectivity index (χ1v) is 9.77. The number of sulfonamides is 1. The van der Waals surface area contributed by atoms with Gasteiger partial charge < -0.3 is 0 Å². The number of aromatic amines is 1. The van der Waals surface area contributed by atoms with E-state index in [-0.39, 0.29) is 24.9 Å². The van der Waals surface area contributed by atoms with Gasteiger partial charge in [0.05, 0.1) is 12.9 Å². The summed E-state index contributed by atoms with van der Waals surface area (Å²) in [6.45, 7) is -0.0394. The van der Waals surface area contributed by atoms with Gasteiger partial charge in [-0.2, -0.15) is 5.10 Å². The van der Waals surface area contributed by atoms with Crippen molar-refractivity contribution in [3.63, 3.8) is 0 Å². The Bertz CT molecular complexity index is 612. The molecule has 8 heteroatoms. The van der Waals surface area contributed by atoms with Crippen LogP contribution >= 0.6 is 0 Å². The van der Waals surface area contributed by atoms with Crippen LogP contribution in [0, 0.1) is 5.92 Å². The summed E-state index contributed by atoms with van der Waals surface area (Å²) < 4.78 is 38.0. The largest absolute Gasteiger partial charge is 0.263 e. The maximum atomic E-state index is 13.3. The average Bonchev–Trinajstić information content (AvgIpc) is 3.14. The standard InChI is InChI=1S/C14H23FN4O2S/c1-22(20,21)19-8-11(7-15)12(9-19)14-16-13(17-18-14)10-5-3-2-4-6-10/h10-12H,2-9H2,1H3,(H,16,17,18)/t11-,12-/m1/s1. The van der Waals surface area contributed by atoms with Gasteiger partial charge in [-0.15, -0.1) is 0 Å². The lowest BCUT2D eigenvalue weighted by atomic mass is 9.89. The highest BCUT2D eigenvalue weighted by Gasteiger charge is 2.39. The van der Waals surface area contributed by atoms with Crippen LogP contribution in [0.25, 0.3) is 0 Å². The molecular formula is C14H23FN4O2S. The van der Waals surface area contributed by atoms with E-state index in [0.717, 1.165) is 18.7 Å². The smallest absolute Gasteiger partial charge is 0.211 e. The Balaban J connectivity index is 1.77. The Morgan fingerprint density at radius 1 is 1.27 bits per heavy atom. The molecule has 1 saturated carbocycles. The Labute approximate surface area is 130 Å². The molecule has 0 spiro atoms. The van der Waals surface area contributed by atoms with Crippen molar-refractivity contribution in [2.75, 3.05) is 26.0 Å². The molecule has 1 aliphatic heterocycles. The predicted molar refractivity (Wildman–Crippen MR) is 80.8 cm³/mol. The lowest BCUT2D eigenvalue weighted by Crippen LogP contribution is -2.27. The molecule has 1 N–H and O–H groups in total. The van der Waals surface area contributed by atoms with Gasteiger partial charge in [0.1, 0.15) is 5.82 Å². The van der Waals surface area contributed by atoms with Crippen LogP contribution in [0.3, 0.4) is 0 Å². The number of rotatable bonds is 4. The number of nitrogens with zero attached hydrogens (tertiary/aromatic N) is 3. The van der Waals surface area contributed by atoms with Gasteiger partial charge in [-0.3, -0.25) is 9.49 Å². The topological polar surface area (TPSA) is 79.0 Å². The minimum Gasteiger partial charge on any atom is -0.263 e. The third-order valence-corrected chi connectivity index (χ3v) is 6.15. The molecule has 3 rings (SSSR count). The van der Waals surface area contributed by atoms with Crippen LogP contribution in [0.4, 0.5) is 4.39 Å². The lowest BCUT2D eigenvalue weighted by molar-refractivity contribution is 0.346. The van der Waals surface area contributed by atoms with Crippen LogP contribution in [-0.4, -0.2) is 53.9 Å². The summed E-state index contributed by atoms with van der Waals surface area (Å²) in [5, 5.41) is 7.25. The van der Waals surface area contributed by atoms with E-state index < -0.39 is 16.7 Å². The summed E-state index contributed by atoms with van der Waals surface area (Å²) in [6.07, 6.45) is 7.04. The Hall–Kier alpha value is -1.02. The van der Waals surface area contributed by atoms with Gasteiger partial charge in [-0.05, 0) is 12.8 Å². The Kier molecular flexibility index (Phi) is 4.49. The number of H-pyrrole nitrogens is 1. The number of nitrogens with one attached hydrogen (secondary N) is 1. The highest BCUT2D eigenvalue weighted by atomic mass is 32.2. The second-order valence-corrected chi connectivity index (χ2v) is 8.50. The lowest BCUT2D eigenvalue weighted by Gasteiger charge is -2.18. The molecule has 1 saturated heterocycles. The SMILES string of the molecule is CS(=O)(=O)N1C[C@@H](CF)[C@H](c2nc(C3CCCCC3)n[nH]2)C1. The van der Waals surface area contributed by atoms with E-state index >= 15 is 0 Å². The van der Waals surface area contributed by atoms with E-state index in [0.29, 0.717) is 11.7 Å². The molecule has 2 fully saturated rings. The molecule has 2 aliphatic rings. The fraction of sp³-hybridized carbons (Fsp3) is 0.857. The number of hydrogen-bond donors (Lipinski definition) is 1. The van der Waals surface area contributed by atoms with Crippen molar-refractivity contribution < 1.29 is 12.8 Å². The molecule has 0 amide bonds. The molecule has 22 heavy (non-hydrogen) atoms. The molecule has 1 aliphatic carbocycles. The van der Waals surface area contributed by atoms with Gasteiger partial charge in [0.15, 0.2) is 5.82 Å². The summed E-state index contributed by atoms with van der Waals surface area (Å²) in [4.78, 5) is 4.58. The van der Waals surface area contributed by atoms with Crippen LogP contribution < -0.4 is 0 Å². The number of hydrogen-bond acceptors (Lipinski definition) is 4. The molecule has 0 bridgehead atoms. The van der Waals surface area contributed by atoms with E-state index in [1.807, 2.05) is 0 Å². The zero-order valence-corrected chi connectivity index (χ0v) is 13.6. The molecule has 0 unspecified atom stereocenters. The number of alkyl halides is 1. The van der Waals surface area contributed by atoms with Gasteiger partial charge >= 0.3 is 0 Å². The maximum absolute atomic E-state index is 13.3. The summed E-state index contributed by atoms with van der Waals surface area (Å²) in [5.41, 5.74) is 0. The van der Waals surface area contributed by atoms with Crippen molar-refractivity contribution in [1.29, 1.82) is 0 Å². The molecular weight excluding hydrogens is 307 g/mol. The van der Waals surface area contributed by atoms with Crippen LogP contribution in [0.2, 0.25) is 0 Å². The van der Waals surface area contributed by atoms with E-state index in [2.05, 4.69) is 15.2 Å². The fourth-order valence-electron chi connectivity index (χ4n) is 3.57. The fourth-order valence-corrected chi connectivity index (χ4v) is 4.46. The van der Waals surface area contributed by atoms with Gasteiger partial charge in [0.25, 0.3) is 0 Å². The molecule has 1 aromatic heterocycles. The summed E-state index contributed by atoms with van der Waals surface area (Å²) >= 11 is 0. The summed E-state index contributed by atoms with van der Waals surface area (Å²) in [7, 11) is -3.30. The van der Waals surface area contributed by atoms with Gasteiger partial charge in [-0.1, -0.05) is 19.3 Å². The summed E-state index contributed by atoms with van der Waals surface area (Å²) in [6, 6.07) is 0. The predicted octanol–water partition coefficient (Wildman–Crippen LogP) is 1.80. The molecule has 2 atom stereocenters. The van der Waals surface area contributed by atoms with Crippen molar-refractivity contribution in [1.82, 2.24) is 19.5 Å². The Morgan fingerprint density at radius 2 is 2.00 bits per heavy atom. The molecule has 1 aromatic rings. The first kappa shape index (κ1) is 15.9. The first-order valence-electron chi connectivity index (χ1n) is 7.92. The Morgan fingerprint density at radius 3 is 2.64 bits per heavy atom. The minimum atomic E-state index is -3.30. The second-order valence-electron chi connectivity index (χ2n) is 6.51. The number of aromatic nitrogens is 3. The van der Waals surface area contributed by atoms with Crippen molar-refractivity contribution in [2.45, 2.75) is 43.9 Å². The molecule has 124 valence electrons. The molecule has 2 heterocycles. The normalized spacial score (nSPS) is 28.3. The average molecular weight is 330 g/mol. The highest BCUT2D eigenvalue weighted by molar-refractivity contribution is 7.88. The van der Waals surface area contributed by atoms with Crippen LogP contribution in [0.5, 0.6) is 0 Å². The van der Waals surface area contributed by atoms with Crippen molar-refractivity contribution in [3.05, 3.63) is 11.6 Å². The second kappa shape index (κ2) is 6.23. The molecule has 0 aromatic carbocycles. The summed E-state index contributed by atoms with van der Waals surface area (Å²) in [5.74, 6) is 1.25. The monoisotopic (exact) mass is 330 g/mol. The minimum absolute atomic E-state index is 0.222. The zero-order chi connectivity index (χ0) is 15.7. The third kappa shape index (κ3) is 3.17. The van der Waals surface area contributed by atoms with Crippen LogP contribution in [-0.2, 0) is 10.0 Å². The van der Waals surface area contributed by atoms with Gasteiger partial charge in [-0.25, -0.2) is 17.7 Å². The molecule has 6 nitrogen and oxygen atoms in total. The van der Waals surface area contributed by atoms with Crippen molar-refractivity contribution >= 4 is 10.0 Å². The van der Waals surface area contributed by atoms with Crippen molar-refractivity contribution in [2.24, 2.45) is 5.92 Å². The van der Waals surface area contributed by atoms with Crippen LogP contribution in [0.1, 0.15) is 55.6 Å². The highest BCUT2D eigenvalue weighted by Crippen LogP contribution is 2.35. The van der Waals surface area contributed by atoms with Gasteiger partial charge in [0.2, 0.25) is 10.0 Å². The van der Waals surface area contributed by atoms with E-state index in [1.165, 1.54) is 29.8 Å².